The number of thiophene rings is 1. The Balaban J connectivity index is 1.48. The zero-order chi connectivity index (χ0) is 19.0. The molecule has 2 aliphatic heterocycles. The van der Waals surface area contributed by atoms with Crippen LogP contribution in [0.4, 0.5) is 0 Å². The van der Waals surface area contributed by atoms with Gasteiger partial charge in [-0.3, -0.25) is 4.79 Å². The molecule has 0 bridgehead atoms. The summed E-state index contributed by atoms with van der Waals surface area (Å²) in [6, 6.07) is 11.6. The van der Waals surface area contributed by atoms with E-state index in [1.165, 1.54) is 26.8 Å². The van der Waals surface area contributed by atoms with Crippen LogP contribution >= 0.6 is 27.3 Å². The van der Waals surface area contributed by atoms with E-state index in [2.05, 4.69) is 28.1 Å². The summed E-state index contributed by atoms with van der Waals surface area (Å²) in [5.74, 6) is -0.182. The first-order valence-corrected chi connectivity index (χ1v) is 12.1. The summed E-state index contributed by atoms with van der Waals surface area (Å²) in [5.41, 5.74) is 2.50. The molecule has 3 heterocycles. The van der Waals surface area contributed by atoms with Crippen molar-refractivity contribution in [3.8, 4) is 0 Å². The van der Waals surface area contributed by atoms with E-state index in [0.29, 0.717) is 30.3 Å². The third-order valence-corrected chi connectivity index (χ3v) is 9.27. The number of nitrogens with zero attached hydrogens (tertiary/aromatic N) is 2. The van der Waals surface area contributed by atoms with Crippen LogP contribution in [0.1, 0.15) is 24.0 Å². The second-order valence-electron chi connectivity index (χ2n) is 7.04. The fourth-order valence-corrected chi connectivity index (χ4v) is 7.56. The Morgan fingerprint density at radius 3 is 2.63 bits per heavy atom. The third kappa shape index (κ3) is 3.85. The molecule has 2 aliphatic rings. The molecule has 5 nitrogen and oxygen atoms in total. The van der Waals surface area contributed by atoms with Gasteiger partial charge < -0.3 is 4.90 Å². The Labute approximate surface area is 172 Å². The van der Waals surface area contributed by atoms with Gasteiger partial charge in [0.1, 0.15) is 4.21 Å². The molecule has 27 heavy (non-hydrogen) atoms. The molecule has 144 valence electrons. The summed E-state index contributed by atoms with van der Waals surface area (Å²) in [5, 5.41) is 0. The zero-order valence-corrected chi connectivity index (χ0v) is 18.0. The molecule has 0 unspecified atom stereocenters. The number of carbonyl (C=O) groups excluding carboxylic acids is 1. The summed E-state index contributed by atoms with van der Waals surface area (Å²) < 4.78 is 28.4. The third-order valence-electron chi connectivity index (χ3n) is 5.32. The number of rotatable bonds is 3. The number of fused-ring (bicyclic) bond motifs is 1. The van der Waals surface area contributed by atoms with E-state index in [1.807, 2.05) is 17.0 Å². The van der Waals surface area contributed by atoms with Gasteiger partial charge >= 0.3 is 0 Å². The Bertz CT molecular complexity index is 957. The second kappa shape index (κ2) is 7.66. The van der Waals surface area contributed by atoms with E-state index in [0.717, 1.165) is 16.6 Å². The summed E-state index contributed by atoms with van der Waals surface area (Å²) >= 11 is 4.53. The fraction of sp³-hybridized carbons (Fsp3) is 0.421. The van der Waals surface area contributed by atoms with Crippen LogP contribution in [-0.4, -0.2) is 43.2 Å². The molecule has 2 aromatic rings. The smallest absolute Gasteiger partial charge is 0.252 e. The Morgan fingerprint density at radius 1 is 1.11 bits per heavy atom. The van der Waals surface area contributed by atoms with Crippen molar-refractivity contribution in [3.63, 3.8) is 0 Å². The molecule has 0 saturated carbocycles. The lowest BCUT2D eigenvalue weighted by molar-refractivity contribution is -0.137. The molecule has 8 heteroatoms. The molecular formula is C19H21BrN2O3S2. The largest absolute Gasteiger partial charge is 0.338 e. The Kier molecular flexibility index (Phi) is 5.42. The predicted octanol–water partition coefficient (Wildman–Crippen LogP) is 3.50. The maximum atomic E-state index is 13.1. The van der Waals surface area contributed by atoms with Gasteiger partial charge in [0.15, 0.2) is 0 Å². The van der Waals surface area contributed by atoms with Crippen molar-refractivity contribution < 1.29 is 13.2 Å². The van der Waals surface area contributed by atoms with Crippen molar-refractivity contribution >= 4 is 43.2 Å². The molecule has 4 rings (SSSR count). The minimum absolute atomic E-state index is 0.0803. The molecule has 1 amide bonds. The number of sulfonamides is 1. The average molecular weight is 469 g/mol. The lowest BCUT2D eigenvalue weighted by Crippen LogP contribution is -2.47. The molecule has 1 aromatic carbocycles. The van der Waals surface area contributed by atoms with Crippen molar-refractivity contribution in [1.82, 2.24) is 9.21 Å². The second-order valence-corrected chi connectivity index (χ2v) is 11.7. The maximum absolute atomic E-state index is 13.1. The quantitative estimate of drug-likeness (QED) is 0.692. The first-order valence-electron chi connectivity index (χ1n) is 9.06. The van der Waals surface area contributed by atoms with Gasteiger partial charge in [-0.1, -0.05) is 24.3 Å². The average Bonchev–Trinajstić information content (AvgIpc) is 3.14. The molecule has 1 fully saturated rings. The van der Waals surface area contributed by atoms with Crippen LogP contribution in [0.2, 0.25) is 0 Å². The van der Waals surface area contributed by atoms with E-state index < -0.39 is 10.0 Å². The van der Waals surface area contributed by atoms with Gasteiger partial charge in [-0.05, 0) is 58.5 Å². The molecule has 1 atom stereocenters. The van der Waals surface area contributed by atoms with Gasteiger partial charge in [0.2, 0.25) is 5.91 Å². The minimum atomic E-state index is -3.54. The van der Waals surface area contributed by atoms with Crippen LogP contribution in [-0.2, 0) is 27.8 Å². The van der Waals surface area contributed by atoms with Crippen molar-refractivity contribution in [2.24, 2.45) is 5.92 Å². The van der Waals surface area contributed by atoms with E-state index in [9.17, 15) is 13.2 Å². The normalized spacial score (nSPS) is 21.1. The predicted molar refractivity (Wildman–Crippen MR) is 109 cm³/mol. The minimum Gasteiger partial charge on any atom is -0.338 e. The highest BCUT2D eigenvalue weighted by molar-refractivity contribution is 9.11. The molecule has 0 spiro atoms. The first kappa shape index (κ1) is 19.1. The summed E-state index contributed by atoms with van der Waals surface area (Å²) in [7, 11) is -3.54. The molecular weight excluding hydrogens is 448 g/mol. The van der Waals surface area contributed by atoms with Crippen molar-refractivity contribution in [1.29, 1.82) is 0 Å². The van der Waals surface area contributed by atoms with Crippen molar-refractivity contribution in [3.05, 3.63) is 51.3 Å². The lowest BCUT2D eigenvalue weighted by atomic mass is 9.95. The molecule has 1 saturated heterocycles. The van der Waals surface area contributed by atoms with Crippen LogP contribution in [0.3, 0.4) is 0 Å². The zero-order valence-electron chi connectivity index (χ0n) is 14.8. The number of carbonyl (C=O) groups is 1. The van der Waals surface area contributed by atoms with Gasteiger partial charge in [-0.2, -0.15) is 4.31 Å². The number of hydrogen-bond donors (Lipinski definition) is 0. The summed E-state index contributed by atoms with van der Waals surface area (Å²) in [6.07, 6.45) is 2.32. The molecule has 0 N–H and O–H groups in total. The highest BCUT2D eigenvalue weighted by Gasteiger charge is 2.36. The Morgan fingerprint density at radius 2 is 1.89 bits per heavy atom. The summed E-state index contributed by atoms with van der Waals surface area (Å²) in [4.78, 5) is 15.0. The van der Waals surface area contributed by atoms with Crippen molar-refractivity contribution in [2.45, 2.75) is 30.0 Å². The maximum Gasteiger partial charge on any atom is 0.252 e. The number of halogens is 1. The van der Waals surface area contributed by atoms with Crippen molar-refractivity contribution in [2.75, 3.05) is 19.6 Å². The van der Waals surface area contributed by atoms with Crippen LogP contribution < -0.4 is 0 Å². The topological polar surface area (TPSA) is 57.7 Å². The number of piperidine rings is 1. The van der Waals surface area contributed by atoms with Crippen LogP contribution in [0, 0.1) is 5.92 Å². The molecule has 1 aromatic heterocycles. The number of benzene rings is 1. The molecule has 0 aliphatic carbocycles. The van der Waals surface area contributed by atoms with Gasteiger partial charge in [-0.25, -0.2) is 8.42 Å². The van der Waals surface area contributed by atoms with Gasteiger partial charge in [-0.15, -0.1) is 11.3 Å². The van der Waals surface area contributed by atoms with E-state index in [4.69, 9.17) is 0 Å². The SMILES string of the molecule is O=C([C@@H]1CCCN(S(=O)(=O)c2ccc(Br)s2)C1)N1CCc2ccccc2C1. The lowest BCUT2D eigenvalue weighted by Gasteiger charge is -2.36. The van der Waals surface area contributed by atoms with Gasteiger partial charge in [0, 0.05) is 26.2 Å². The number of amides is 1. The van der Waals surface area contributed by atoms with Crippen LogP contribution in [0.25, 0.3) is 0 Å². The van der Waals surface area contributed by atoms with Gasteiger partial charge in [0.05, 0.1) is 9.70 Å². The van der Waals surface area contributed by atoms with Crippen LogP contribution in [0.5, 0.6) is 0 Å². The standard InChI is InChI=1S/C19H21BrN2O3S2/c20-17-7-8-18(26-17)27(24,25)22-10-3-6-16(13-22)19(23)21-11-9-14-4-1-2-5-15(14)12-21/h1-2,4-5,7-8,16H,3,6,9-13H2/t16-/m1/s1. The highest BCUT2D eigenvalue weighted by atomic mass is 79.9. The van der Waals surface area contributed by atoms with Gasteiger partial charge in [0.25, 0.3) is 10.0 Å². The fourth-order valence-electron chi connectivity index (χ4n) is 3.87. The highest BCUT2D eigenvalue weighted by Crippen LogP contribution is 2.31. The molecule has 0 radical (unpaired) electrons. The van der Waals surface area contributed by atoms with Crippen LogP contribution in [0.15, 0.2) is 44.4 Å². The first-order chi connectivity index (χ1) is 12.9. The van der Waals surface area contributed by atoms with E-state index >= 15 is 0 Å². The monoisotopic (exact) mass is 468 g/mol. The van der Waals surface area contributed by atoms with E-state index in [-0.39, 0.29) is 18.4 Å². The van der Waals surface area contributed by atoms with E-state index in [1.54, 1.807) is 12.1 Å². The number of hydrogen-bond acceptors (Lipinski definition) is 4. The summed E-state index contributed by atoms with van der Waals surface area (Å²) in [6.45, 7) is 2.08. The Hall–Kier alpha value is -1.22.